The van der Waals surface area contributed by atoms with Gasteiger partial charge in [0.1, 0.15) is 5.56 Å². The fraction of sp³-hybridized carbons (Fsp3) is 0.462. The van der Waals surface area contributed by atoms with Crippen LogP contribution < -0.4 is 4.74 Å². The van der Waals surface area contributed by atoms with E-state index in [2.05, 4.69) is 0 Å². The zero-order valence-corrected chi connectivity index (χ0v) is 12.2. The minimum absolute atomic E-state index is 0.0464. The number of hydrogen-bond donors (Lipinski definition) is 0. The van der Waals surface area contributed by atoms with Crippen molar-refractivity contribution in [1.82, 2.24) is 0 Å². The number of carbonyl (C=O) groups is 1. The van der Waals surface area contributed by atoms with Crippen LogP contribution in [0.4, 0.5) is 11.4 Å². The number of nitrogens with zero attached hydrogens (tertiary/aromatic N) is 2. The average molecular weight is 296 g/mol. The van der Waals surface area contributed by atoms with Crippen LogP contribution in [0, 0.1) is 27.2 Å². The Hall–Kier alpha value is -2.51. The van der Waals surface area contributed by atoms with E-state index in [0.717, 1.165) is 0 Å². The molecule has 0 fully saturated rings. The number of hydrogen-bond acceptors (Lipinski definition) is 6. The molecule has 0 spiro atoms. The van der Waals surface area contributed by atoms with E-state index in [-0.39, 0.29) is 34.9 Å². The Labute approximate surface area is 121 Å². The van der Waals surface area contributed by atoms with Gasteiger partial charge in [0.05, 0.1) is 9.85 Å². The molecule has 8 nitrogen and oxygen atoms in total. The Bertz CT molecular complexity index is 609. The summed E-state index contributed by atoms with van der Waals surface area (Å²) in [5, 5.41) is 22.3. The summed E-state index contributed by atoms with van der Waals surface area (Å²) in [6.45, 7) is 6.24. The number of nitro groups is 2. The first-order valence-corrected chi connectivity index (χ1v) is 6.37. The highest BCUT2D eigenvalue weighted by molar-refractivity contribution is 5.76. The minimum Gasteiger partial charge on any atom is -0.419 e. The largest absolute Gasteiger partial charge is 0.419 e. The lowest BCUT2D eigenvalue weighted by Crippen LogP contribution is -2.12. The van der Waals surface area contributed by atoms with Crippen LogP contribution in [0.25, 0.3) is 0 Å². The lowest BCUT2D eigenvalue weighted by atomic mass is 9.97. The smallest absolute Gasteiger partial charge is 0.321 e. The first-order valence-electron chi connectivity index (χ1n) is 6.37. The molecule has 0 aliphatic heterocycles. The molecule has 1 aromatic carbocycles. The van der Waals surface area contributed by atoms with Crippen molar-refractivity contribution in [2.24, 2.45) is 0 Å². The number of esters is 1. The minimum atomic E-state index is -0.757. The molecule has 0 saturated heterocycles. The Kier molecular flexibility index (Phi) is 4.96. The van der Waals surface area contributed by atoms with E-state index in [1.165, 1.54) is 13.0 Å². The van der Waals surface area contributed by atoms with Crippen molar-refractivity contribution in [2.75, 3.05) is 0 Å². The molecule has 0 aliphatic rings. The highest BCUT2D eigenvalue weighted by atomic mass is 16.6. The standard InChI is InChI=1S/C13H16N2O6/c1-5-11(16)21-13-9(7(2)3)6-10(14(17)18)8(4)12(13)15(19)20/h6-7H,5H2,1-4H3. The Balaban J connectivity index is 3.72. The first-order chi connectivity index (χ1) is 9.70. The van der Waals surface area contributed by atoms with E-state index >= 15 is 0 Å². The van der Waals surface area contributed by atoms with Crippen LogP contribution in [-0.4, -0.2) is 15.8 Å². The molecule has 0 radical (unpaired) electrons. The van der Waals surface area contributed by atoms with E-state index in [1.54, 1.807) is 20.8 Å². The zero-order chi connectivity index (χ0) is 16.3. The van der Waals surface area contributed by atoms with Gasteiger partial charge in [-0.25, -0.2) is 0 Å². The molecule has 1 aromatic rings. The number of carbonyl (C=O) groups excluding carboxylic acids is 1. The average Bonchev–Trinajstić information content (AvgIpc) is 2.37. The van der Waals surface area contributed by atoms with Crippen LogP contribution in [0.3, 0.4) is 0 Å². The maximum atomic E-state index is 11.5. The molecular weight excluding hydrogens is 280 g/mol. The predicted molar refractivity (Wildman–Crippen MR) is 74.5 cm³/mol. The second-order valence-electron chi connectivity index (χ2n) is 4.78. The predicted octanol–water partition coefficient (Wildman–Crippen LogP) is 3.25. The van der Waals surface area contributed by atoms with Crippen molar-refractivity contribution < 1.29 is 19.4 Å². The molecule has 114 valence electrons. The van der Waals surface area contributed by atoms with Crippen molar-refractivity contribution in [3.8, 4) is 5.75 Å². The second-order valence-corrected chi connectivity index (χ2v) is 4.78. The van der Waals surface area contributed by atoms with Crippen LogP contribution in [0.15, 0.2) is 6.07 Å². The summed E-state index contributed by atoms with van der Waals surface area (Å²) >= 11 is 0. The van der Waals surface area contributed by atoms with Gasteiger partial charge in [0, 0.05) is 18.1 Å². The number of nitro benzene ring substituents is 2. The highest BCUT2D eigenvalue weighted by Gasteiger charge is 2.32. The summed E-state index contributed by atoms with van der Waals surface area (Å²) in [6, 6.07) is 1.23. The first kappa shape index (κ1) is 16.5. The van der Waals surface area contributed by atoms with Gasteiger partial charge in [-0.15, -0.1) is 0 Å². The Morgan fingerprint density at radius 2 is 1.86 bits per heavy atom. The second kappa shape index (κ2) is 6.29. The number of benzene rings is 1. The third kappa shape index (κ3) is 3.33. The van der Waals surface area contributed by atoms with E-state index < -0.39 is 21.5 Å². The van der Waals surface area contributed by atoms with E-state index in [9.17, 15) is 25.0 Å². The molecule has 0 atom stereocenters. The summed E-state index contributed by atoms with van der Waals surface area (Å²) in [5.41, 5.74) is -0.759. The van der Waals surface area contributed by atoms with Gasteiger partial charge in [-0.2, -0.15) is 0 Å². The summed E-state index contributed by atoms with van der Waals surface area (Å²) in [4.78, 5) is 32.3. The van der Waals surface area contributed by atoms with Gasteiger partial charge < -0.3 is 4.74 Å². The highest BCUT2D eigenvalue weighted by Crippen LogP contribution is 2.42. The molecular formula is C13H16N2O6. The molecule has 0 N–H and O–H groups in total. The quantitative estimate of drug-likeness (QED) is 0.356. The molecule has 1 rings (SSSR count). The fourth-order valence-corrected chi connectivity index (χ4v) is 1.88. The molecule has 0 aliphatic carbocycles. The fourth-order valence-electron chi connectivity index (χ4n) is 1.88. The van der Waals surface area contributed by atoms with Gasteiger partial charge in [-0.05, 0) is 12.8 Å². The van der Waals surface area contributed by atoms with Gasteiger partial charge >= 0.3 is 11.7 Å². The Morgan fingerprint density at radius 1 is 1.29 bits per heavy atom. The van der Waals surface area contributed by atoms with Crippen molar-refractivity contribution in [1.29, 1.82) is 0 Å². The van der Waals surface area contributed by atoms with Crippen LogP contribution in [0.5, 0.6) is 5.75 Å². The molecule has 0 aromatic heterocycles. The molecule has 0 unspecified atom stereocenters. The van der Waals surface area contributed by atoms with Crippen molar-refractivity contribution in [3.63, 3.8) is 0 Å². The van der Waals surface area contributed by atoms with Crippen molar-refractivity contribution >= 4 is 17.3 Å². The van der Waals surface area contributed by atoms with Crippen molar-refractivity contribution in [2.45, 2.75) is 40.0 Å². The van der Waals surface area contributed by atoms with E-state index in [0.29, 0.717) is 0 Å². The number of ether oxygens (including phenoxy) is 1. The van der Waals surface area contributed by atoms with Gasteiger partial charge in [0.25, 0.3) is 5.69 Å². The molecule has 8 heteroatoms. The molecule has 0 heterocycles. The lowest BCUT2D eigenvalue weighted by Gasteiger charge is -2.14. The summed E-state index contributed by atoms with van der Waals surface area (Å²) in [5.74, 6) is -1.11. The molecule has 0 amide bonds. The van der Waals surface area contributed by atoms with Gasteiger partial charge in [-0.3, -0.25) is 25.0 Å². The van der Waals surface area contributed by atoms with Crippen LogP contribution >= 0.6 is 0 Å². The van der Waals surface area contributed by atoms with Gasteiger partial charge in [-0.1, -0.05) is 20.8 Å². The molecule has 21 heavy (non-hydrogen) atoms. The van der Waals surface area contributed by atoms with Crippen LogP contribution in [-0.2, 0) is 4.79 Å². The topological polar surface area (TPSA) is 113 Å². The van der Waals surface area contributed by atoms with Gasteiger partial charge in [0.2, 0.25) is 5.75 Å². The summed E-state index contributed by atoms with van der Waals surface area (Å²) in [6.07, 6.45) is 0.0464. The SMILES string of the molecule is CCC(=O)Oc1c(C(C)C)cc([N+](=O)[O-])c(C)c1[N+](=O)[O-]. The third-order valence-electron chi connectivity index (χ3n) is 3.01. The maximum Gasteiger partial charge on any atom is 0.321 e. The molecule has 0 saturated carbocycles. The van der Waals surface area contributed by atoms with Crippen molar-refractivity contribution in [3.05, 3.63) is 37.4 Å². The normalized spacial score (nSPS) is 10.5. The molecule has 0 bridgehead atoms. The Morgan fingerprint density at radius 3 is 2.24 bits per heavy atom. The zero-order valence-electron chi connectivity index (χ0n) is 12.2. The maximum absolute atomic E-state index is 11.5. The summed E-state index contributed by atoms with van der Waals surface area (Å²) in [7, 11) is 0. The summed E-state index contributed by atoms with van der Waals surface area (Å²) < 4.78 is 5.06. The van der Waals surface area contributed by atoms with E-state index in [1.807, 2.05) is 0 Å². The van der Waals surface area contributed by atoms with Gasteiger partial charge in [0.15, 0.2) is 0 Å². The number of rotatable bonds is 5. The third-order valence-corrected chi connectivity index (χ3v) is 3.01. The lowest BCUT2D eigenvalue weighted by molar-refractivity contribution is -0.395. The monoisotopic (exact) mass is 296 g/mol. The van der Waals surface area contributed by atoms with Crippen LogP contribution in [0.1, 0.15) is 44.2 Å². The van der Waals surface area contributed by atoms with E-state index in [4.69, 9.17) is 4.74 Å². The van der Waals surface area contributed by atoms with Crippen LogP contribution in [0.2, 0.25) is 0 Å².